The minimum atomic E-state index is -1.30. The highest BCUT2D eigenvalue weighted by Crippen LogP contribution is 2.32. The number of benzene rings is 3. The number of hydrogen-bond donors (Lipinski definition) is 4. The molecule has 5 aromatic rings. The maximum Gasteiger partial charge on any atom is 0.251 e. The predicted molar refractivity (Wildman–Crippen MR) is 160 cm³/mol. The Morgan fingerprint density at radius 1 is 0.930 bits per heavy atom. The van der Waals surface area contributed by atoms with Crippen LogP contribution in [0.15, 0.2) is 85.5 Å². The average molecular weight is 621 g/mol. The van der Waals surface area contributed by atoms with Crippen molar-refractivity contribution in [1.82, 2.24) is 24.8 Å². The molecule has 1 amide bonds. The smallest absolute Gasteiger partial charge is 0.251 e. The van der Waals surface area contributed by atoms with Gasteiger partial charge in [-0.3, -0.25) is 9.36 Å². The molecule has 1 saturated heterocycles. The summed E-state index contributed by atoms with van der Waals surface area (Å²) < 4.78 is 13.3. The molecule has 1 aliphatic rings. The number of amides is 1. The van der Waals surface area contributed by atoms with Gasteiger partial charge < -0.3 is 30.3 Å². The molecule has 1 aliphatic heterocycles. The monoisotopic (exact) mass is 620 g/mol. The Labute approximate surface area is 256 Å². The first kappa shape index (κ1) is 28.8. The van der Waals surface area contributed by atoms with Crippen LogP contribution in [0.1, 0.15) is 22.1 Å². The number of rotatable bonds is 9. The number of para-hydroxylation sites is 1. The number of fused-ring (bicyclic) bond motifs is 1. The standard InChI is InChI=1S/C30H26Cl2N6O5/c31-19-10-18(11-20(32)12-19)29(41)34-14-23-25(39)26(40)30(43-23)38-16-37-24-27(35-15-36-28(24)38)33-13-17-6-8-22(9-7-17)42-21-4-2-1-3-5-21/h1-12,15-16,23,25-26,30,39-40H,13-14H2,(H,34,41)(H,33,35,36)/t23-,25-,26-,30-/m1/s1. The number of nitrogens with one attached hydrogen (secondary N) is 2. The number of halogens is 2. The third-order valence-electron chi connectivity index (χ3n) is 6.92. The number of aliphatic hydroxyl groups is 2. The average Bonchev–Trinajstić information content (AvgIpc) is 3.56. The molecule has 4 atom stereocenters. The van der Waals surface area contributed by atoms with Gasteiger partial charge in [-0.25, -0.2) is 15.0 Å². The van der Waals surface area contributed by atoms with Crippen molar-refractivity contribution in [2.24, 2.45) is 0 Å². The van der Waals surface area contributed by atoms with Gasteiger partial charge in [0, 0.05) is 28.7 Å². The Morgan fingerprint density at radius 2 is 1.65 bits per heavy atom. The second-order valence-electron chi connectivity index (χ2n) is 9.87. The lowest BCUT2D eigenvalue weighted by molar-refractivity contribution is -0.0337. The van der Waals surface area contributed by atoms with Gasteiger partial charge >= 0.3 is 0 Å². The zero-order chi connectivity index (χ0) is 29.9. The van der Waals surface area contributed by atoms with Gasteiger partial charge in [-0.2, -0.15) is 0 Å². The molecule has 3 heterocycles. The number of nitrogens with zero attached hydrogens (tertiary/aromatic N) is 4. The number of hydrogen-bond acceptors (Lipinski definition) is 9. The van der Waals surface area contributed by atoms with Crippen molar-refractivity contribution in [1.29, 1.82) is 0 Å². The molecule has 6 rings (SSSR count). The number of aromatic nitrogens is 4. The van der Waals surface area contributed by atoms with E-state index in [-0.39, 0.29) is 12.1 Å². The molecule has 0 saturated carbocycles. The number of carbonyl (C=O) groups is 1. The van der Waals surface area contributed by atoms with Gasteiger partial charge in [0.25, 0.3) is 5.91 Å². The Morgan fingerprint density at radius 3 is 2.40 bits per heavy atom. The van der Waals surface area contributed by atoms with Crippen molar-refractivity contribution in [2.75, 3.05) is 11.9 Å². The Balaban J connectivity index is 1.10. The second-order valence-corrected chi connectivity index (χ2v) is 10.7. The fourth-order valence-electron chi connectivity index (χ4n) is 4.76. The summed E-state index contributed by atoms with van der Waals surface area (Å²) in [6.45, 7) is 0.396. The highest BCUT2D eigenvalue weighted by atomic mass is 35.5. The molecule has 0 radical (unpaired) electrons. The van der Waals surface area contributed by atoms with Gasteiger partial charge in [0.15, 0.2) is 23.2 Å². The minimum Gasteiger partial charge on any atom is -0.457 e. The Bertz CT molecular complexity index is 1720. The molecule has 4 N–H and O–H groups in total. The van der Waals surface area contributed by atoms with Gasteiger partial charge in [-0.1, -0.05) is 53.5 Å². The zero-order valence-electron chi connectivity index (χ0n) is 22.5. The highest BCUT2D eigenvalue weighted by molar-refractivity contribution is 6.35. The van der Waals surface area contributed by atoms with E-state index in [9.17, 15) is 15.0 Å². The lowest BCUT2D eigenvalue weighted by Crippen LogP contribution is -2.39. The van der Waals surface area contributed by atoms with E-state index in [1.807, 2.05) is 54.6 Å². The van der Waals surface area contributed by atoms with Gasteiger partial charge in [0.2, 0.25) is 0 Å². The summed E-state index contributed by atoms with van der Waals surface area (Å²) in [7, 11) is 0. The van der Waals surface area contributed by atoms with Crippen LogP contribution in [0.25, 0.3) is 11.2 Å². The lowest BCUT2D eigenvalue weighted by atomic mass is 10.1. The van der Waals surface area contributed by atoms with E-state index in [1.165, 1.54) is 35.4 Å². The first-order valence-corrected chi connectivity index (χ1v) is 14.1. The molecule has 0 aliphatic carbocycles. The topological polar surface area (TPSA) is 144 Å². The maximum absolute atomic E-state index is 12.6. The normalized spacial score (nSPS) is 19.8. The van der Waals surface area contributed by atoms with Crippen LogP contribution >= 0.6 is 23.2 Å². The highest BCUT2D eigenvalue weighted by Gasteiger charge is 2.44. The fraction of sp³-hybridized carbons (Fsp3) is 0.200. The Kier molecular flexibility index (Phi) is 8.41. The summed E-state index contributed by atoms with van der Waals surface area (Å²) in [5.41, 5.74) is 2.12. The molecular formula is C30H26Cl2N6O5. The number of imidazole rings is 1. The first-order chi connectivity index (χ1) is 20.9. The number of ether oxygens (including phenoxy) is 2. The molecule has 0 unspecified atom stereocenters. The van der Waals surface area contributed by atoms with E-state index in [0.29, 0.717) is 33.6 Å². The molecule has 11 nitrogen and oxygen atoms in total. The lowest BCUT2D eigenvalue weighted by Gasteiger charge is -2.17. The van der Waals surface area contributed by atoms with Crippen LogP contribution < -0.4 is 15.4 Å². The maximum atomic E-state index is 12.6. The molecule has 3 aromatic carbocycles. The summed E-state index contributed by atoms with van der Waals surface area (Å²) in [4.78, 5) is 25.7. The molecule has 2 aromatic heterocycles. The SMILES string of the molecule is O=C(NC[C@H]1O[C@@H](n2cnc3c(NCc4ccc(Oc5ccccc5)cc4)ncnc32)[C@H](O)[C@@H]1O)c1cc(Cl)cc(Cl)c1. The van der Waals surface area contributed by atoms with Crippen LogP contribution in [-0.4, -0.2) is 60.5 Å². The largest absolute Gasteiger partial charge is 0.457 e. The van der Waals surface area contributed by atoms with E-state index in [2.05, 4.69) is 25.6 Å². The zero-order valence-corrected chi connectivity index (χ0v) is 24.0. The van der Waals surface area contributed by atoms with Gasteiger partial charge in [0.1, 0.15) is 36.1 Å². The van der Waals surface area contributed by atoms with Gasteiger partial charge in [-0.15, -0.1) is 0 Å². The van der Waals surface area contributed by atoms with Crippen LogP contribution in [0.2, 0.25) is 10.0 Å². The van der Waals surface area contributed by atoms with Crippen molar-refractivity contribution in [2.45, 2.75) is 31.1 Å². The van der Waals surface area contributed by atoms with Gasteiger partial charge in [-0.05, 0) is 48.0 Å². The summed E-state index contributed by atoms with van der Waals surface area (Å²) in [5, 5.41) is 28.1. The molecule has 1 fully saturated rings. The molecule has 220 valence electrons. The number of carbonyl (C=O) groups excluding carboxylic acids is 1. The van der Waals surface area contributed by atoms with Crippen molar-refractivity contribution >= 4 is 46.1 Å². The van der Waals surface area contributed by atoms with Gasteiger partial charge in [0.05, 0.1) is 6.33 Å². The van der Waals surface area contributed by atoms with E-state index in [1.54, 1.807) is 0 Å². The van der Waals surface area contributed by atoms with E-state index < -0.39 is 30.4 Å². The third-order valence-corrected chi connectivity index (χ3v) is 7.36. The number of aliphatic hydroxyl groups excluding tert-OH is 2. The van der Waals surface area contributed by atoms with Crippen molar-refractivity contribution in [3.8, 4) is 11.5 Å². The first-order valence-electron chi connectivity index (χ1n) is 13.3. The van der Waals surface area contributed by atoms with Crippen LogP contribution in [0, 0.1) is 0 Å². The Hall–Kier alpha value is -4.26. The second kappa shape index (κ2) is 12.5. The van der Waals surface area contributed by atoms with Crippen LogP contribution in [0.3, 0.4) is 0 Å². The fourth-order valence-corrected chi connectivity index (χ4v) is 5.29. The summed E-state index contributed by atoms with van der Waals surface area (Å²) in [6, 6.07) is 21.7. The van der Waals surface area contributed by atoms with Crippen molar-refractivity contribution in [3.63, 3.8) is 0 Å². The molecular weight excluding hydrogens is 595 g/mol. The van der Waals surface area contributed by atoms with E-state index >= 15 is 0 Å². The quantitative estimate of drug-likeness (QED) is 0.186. The van der Waals surface area contributed by atoms with Crippen LogP contribution in [0.5, 0.6) is 11.5 Å². The molecule has 43 heavy (non-hydrogen) atoms. The third kappa shape index (κ3) is 6.41. The molecule has 0 bridgehead atoms. The summed E-state index contributed by atoms with van der Waals surface area (Å²) in [6.07, 6.45) is -1.63. The van der Waals surface area contributed by atoms with Crippen LogP contribution in [-0.2, 0) is 11.3 Å². The van der Waals surface area contributed by atoms with Crippen molar-refractivity contribution < 1.29 is 24.5 Å². The summed E-state index contributed by atoms with van der Waals surface area (Å²) >= 11 is 12.0. The number of anilines is 1. The van der Waals surface area contributed by atoms with Crippen LogP contribution in [0.4, 0.5) is 5.82 Å². The summed E-state index contributed by atoms with van der Waals surface area (Å²) in [5.74, 6) is 1.52. The van der Waals surface area contributed by atoms with E-state index in [4.69, 9.17) is 32.7 Å². The predicted octanol–water partition coefficient (Wildman–Crippen LogP) is 4.59. The van der Waals surface area contributed by atoms with E-state index in [0.717, 1.165) is 17.1 Å². The molecule has 13 heteroatoms. The van der Waals surface area contributed by atoms with Crippen molar-refractivity contribution in [3.05, 3.63) is 107 Å². The minimum absolute atomic E-state index is 0.0682. The molecule has 0 spiro atoms.